The SMILES string of the molecule is CCCCCCN(CCCCCC)c1ccc(C(=O)c2ccccc2C(=O)OCC(N=O)C2OC(=O)C(O)=C2O)c(O)c1. The summed E-state index contributed by atoms with van der Waals surface area (Å²) in [4.78, 5) is 51.5. The number of phenols is 1. The maximum Gasteiger partial charge on any atom is 0.377 e. The number of esters is 2. The molecule has 2 aromatic rings. The minimum Gasteiger partial charge on any atom is -0.507 e. The molecule has 0 saturated carbocycles. The van der Waals surface area contributed by atoms with Crippen LogP contribution < -0.4 is 4.90 Å². The lowest BCUT2D eigenvalue weighted by Crippen LogP contribution is -2.32. The number of hydrogen-bond donors (Lipinski definition) is 3. The van der Waals surface area contributed by atoms with Crippen molar-refractivity contribution in [3.8, 4) is 5.75 Å². The monoisotopic (exact) mass is 596 g/mol. The Hall–Kier alpha value is -4.41. The molecular weight excluding hydrogens is 556 g/mol. The number of carbonyl (C=O) groups is 3. The molecule has 43 heavy (non-hydrogen) atoms. The molecule has 2 aromatic carbocycles. The van der Waals surface area contributed by atoms with Gasteiger partial charge in [0.05, 0.1) is 11.1 Å². The molecule has 0 amide bonds. The van der Waals surface area contributed by atoms with Crippen molar-refractivity contribution < 1.29 is 39.2 Å². The summed E-state index contributed by atoms with van der Waals surface area (Å²) in [5, 5.41) is 33.0. The molecule has 232 valence electrons. The highest BCUT2D eigenvalue weighted by molar-refractivity contribution is 6.15. The van der Waals surface area contributed by atoms with E-state index in [1.165, 1.54) is 18.2 Å². The maximum absolute atomic E-state index is 13.5. The molecule has 1 aliphatic rings. The molecule has 0 fully saturated rings. The van der Waals surface area contributed by atoms with Crippen LogP contribution in [-0.2, 0) is 14.3 Å². The van der Waals surface area contributed by atoms with Crippen LogP contribution in [0.1, 0.15) is 91.5 Å². The summed E-state index contributed by atoms with van der Waals surface area (Å²) < 4.78 is 9.89. The van der Waals surface area contributed by atoms with E-state index < -0.39 is 48.0 Å². The number of rotatable bonds is 18. The van der Waals surface area contributed by atoms with Gasteiger partial charge in [0.25, 0.3) is 0 Å². The summed E-state index contributed by atoms with van der Waals surface area (Å²) >= 11 is 0. The molecular formula is C32H40N2O9. The van der Waals surface area contributed by atoms with Gasteiger partial charge in [0.1, 0.15) is 12.4 Å². The summed E-state index contributed by atoms with van der Waals surface area (Å²) in [5.74, 6) is -4.97. The van der Waals surface area contributed by atoms with Crippen LogP contribution >= 0.6 is 0 Å². The van der Waals surface area contributed by atoms with Crippen LogP contribution in [0.3, 0.4) is 0 Å². The average molecular weight is 597 g/mol. The van der Waals surface area contributed by atoms with Crippen molar-refractivity contribution >= 4 is 23.4 Å². The molecule has 0 spiro atoms. The Labute approximate surface area is 251 Å². The van der Waals surface area contributed by atoms with Gasteiger partial charge in [-0.1, -0.05) is 75.7 Å². The largest absolute Gasteiger partial charge is 0.507 e. The summed E-state index contributed by atoms with van der Waals surface area (Å²) in [7, 11) is 0. The van der Waals surface area contributed by atoms with Crippen LogP contribution in [0.5, 0.6) is 5.75 Å². The quantitative estimate of drug-likeness (QED) is 0.0789. The number of aliphatic hydroxyl groups is 2. The second kappa shape index (κ2) is 16.3. The predicted molar refractivity (Wildman–Crippen MR) is 161 cm³/mol. The van der Waals surface area contributed by atoms with Gasteiger partial charge in [-0.3, -0.25) is 4.79 Å². The third-order valence-electron chi connectivity index (χ3n) is 7.36. The number of aromatic hydroxyl groups is 1. The van der Waals surface area contributed by atoms with E-state index in [2.05, 4.69) is 23.9 Å². The Morgan fingerprint density at radius 1 is 0.907 bits per heavy atom. The first-order valence-corrected chi connectivity index (χ1v) is 14.8. The van der Waals surface area contributed by atoms with Gasteiger partial charge in [-0.05, 0) is 31.0 Å². The first-order valence-electron chi connectivity index (χ1n) is 14.8. The van der Waals surface area contributed by atoms with E-state index in [9.17, 15) is 34.6 Å². The van der Waals surface area contributed by atoms with Crippen molar-refractivity contribution in [2.24, 2.45) is 5.18 Å². The van der Waals surface area contributed by atoms with Gasteiger partial charge in [-0.2, -0.15) is 4.91 Å². The zero-order valence-electron chi connectivity index (χ0n) is 24.7. The van der Waals surface area contributed by atoms with Gasteiger partial charge in [-0.15, -0.1) is 0 Å². The average Bonchev–Trinajstić information content (AvgIpc) is 3.27. The third-order valence-corrected chi connectivity index (χ3v) is 7.36. The van der Waals surface area contributed by atoms with Gasteiger partial charge >= 0.3 is 11.9 Å². The van der Waals surface area contributed by atoms with E-state index in [0.29, 0.717) is 0 Å². The molecule has 3 rings (SSSR count). The number of hydrogen-bond acceptors (Lipinski definition) is 11. The zero-order chi connectivity index (χ0) is 31.4. The molecule has 0 bridgehead atoms. The van der Waals surface area contributed by atoms with Crippen LogP contribution in [0, 0.1) is 4.91 Å². The Morgan fingerprint density at radius 3 is 2.07 bits per heavy atom. The lowest BCUT2D eigenvalue weighted by molar-refractivity contribution is -0.143. The maximum atomic E-state index is 13.5. The van der Waals surface area contributed by atoms with Crippen molar-refractivity contribution in [2.75, 3.05) is 24.6 Å². The summed E-state index contributed by atoms with van der Waals surface area (Å²) in [6.45, 7) is 5.32. The van der Waals surface area contributed by atoms with Gasteiger partial charge in [0.15, 0.2) is 23.7 Å². The standard InChI is InChI=1S/C32H40N2O9/c1-3-5-7-11-17-34(18-12-8-6-4-2)21-15-16-24(26(35)19-21)27(36)22-13-9-10-14-23(22)31(39)42-20-25(33-41)30-28(37)29(38)32(40)43-30/h9-10,13-16,19,25,30,35,37-38H,3-8,11-12,17-18,20H2,1-2H3. The molecule has 1 heterocycles. The molecule has 3 N–H and O–H groups in total. The molecule has 2 unspecified atom stereocenters. The van der Waals surface area contributed by atoms with E-state index >= 15 is 0 Å². The Bertz CT molecular complexity index is 1310. The van der Waals surface area contributed by atoms with Crippen molar-refractivity contribution in [3.05, 3.63) is 75.6 Å². The smallest absolute Gasteiger partial charge is 0.377 e. The number of anilines is 1. The van der Waals surface area contributed by atoms with Crippen LogP contribution in [0.2, 0.25) is 0 Å². The first-order chi connectivity index (χ1) is 20.7. The minimum absolute atomic E-state index is 0.0109. The van der Waals surface area contributed by atoms with Gasteiger partial charge in [0.2, 0.25) is 5.76 Å². The number of ketones is 1. The van der Waals surface area contributed by atoms with Crippen molar-refractivity contribution in [1.82, 2.24) is 0 Å². The molecule has 0 radical (unpaired) electrons. The van der Waals surface area contributed by atoms with Crippen LogP contribution in [0.4, 0.5) is 5.69 Å². The summed E-state index contributed by atoms with van der Waals surface area (Å²) in [6, 6.07) is 9.23. The number of benzene rings is 2. The lowest BCUT2D eigenvalue weighted by Gasteiger charge is -2.25. The number of nitroso groups, excluding NO2 is 1. The summed E-state index contributed by atoms with van der Waals surface area (Å²) in [6.07, 6.45) is 7.28. The Balaban J connectivity index is 1.75. The fourth-order valence-electron chi connectivity index (χ4n) is 4.88. The minimum atomic E-state index is -1.61. The number of cyclic esters (lactones) is 1. The molecule has 2 atom stereocenters. The highest BCUT2D eigenvalue weighted by Crippen LogP contribution is 2.29. The van der Waals surface area contributed by atoms with E-state index in [1.807, 2.05) is 0 Å². The van der Waals surface area contributed by atoms with Gasteiger partial charge < -0.3 is 29.7 Å². The Kier molecular flexibility index (Phi) is 12.5. The molecule has 11 nitrogen and oxygen atoms in total. The topological polar surface area (TPSA) is 163 Å². The molecule has 0 aliphatic carbocycles. The van der Waals surface area contributed by atoms with Crippen LogP contribution in [-0.4, -0.2) is 64.9 Å². The molecule has 0 aromatic heterocycles. The van der Waals surface area contributed by atoms with Gasteiger partial charge in [0, 0.05) is 30.4 Å². The van der Waals surface area contributed by atoms with E-state index in [1.54, 1.807) is 24.3 Å². The normalized spacial score (nSPS) is 15.2. The van der Waals surface area contributed by atoms with E-state index in [0.717, 1.165) is 70.1 Å². The highest BCUT2D eigenvalue weighted by atomic mass is 16.6. The number of phenolic OH excluding ortho intramolecular Hbond substituents is 1. The van der Waals surface area contributed by atoms with Crippen LogP contribution in [0.25, 0.3) is 0 Å². The second-order valence-corrected chi connectivity index (χ2v) is 10.5. The summed E-state index contributed by atoms with van der Waals surface area (Å²) in [5.41, 5.74) is 0.671. The Morgan fingerprint density at radius 2 is 1.53 bits per heavy atom. The molecule has 11 heteroatoms. The number of ether oxygens (including phenoxy) is 2. The molecule has 1 aliphatic heterocycles. The van der Waals surface area contributed by atoms with E-state index in [4.69, 9.17) is 9.47 Å². The predicted octanol–water partition coefficient (Wildman–Crippen LogP) is 6.14. The van der Waals surface area contributed by atoms with Gasteiger partial charge in [-0.25, -0.2) is 9.59 Å². The highest BCUT2D eigenvalue weighted by Gasteiger charge is 2.41. The second-order valence-electron chi connectivity index (χ2n) is 10.5. The number of carbonyl (C=O) groups excluding carboxylic acids is 3. The van der Waals surface area contributed by atoms with Crippen molar-refractivity contribution in [2.45, 2.75) is 77.4 Å². The fraction of sp³-hybridized carbons (Fsp3) is 0.469. The number of aliphatic hydroxyl groups excluding tert-OH is 2. The zero-order valence-corrected chi connectivity index (χ0v) is 24.7. The van der Waals surface area contributed by atoms with Crippen molar-refractivity contribution in [3.63, 3.8) is 0 Å². The third kappa shape index (κ3) is 8.56. The van der Waals surface area contributed by atoms with Crippen molar-refractivity contribution in [1.29, 1.82) is 0 Å². The number of unbranched alkanes of at least 4 members (excludes halogenated alkanes) is 6. The number of nitrogens with zero attached hydrogens (tertiary/aromatic N) is 2. The first kappa shape index (κ1) is 33.1. The molecule has 0 saturated heterocycles. The fourth-order valence-corrected chi connectivity index (χ4v) is 4.88. The van der Waals surface area contributed by atoms with E-state index in [-0.39, 0.29) is 22.4 Å². The van der Waals surface area contributed by atoms with Crippen LogP contribution in [0.15, 0.2) is 59.2 Å². The lowest BCUT2D eigenvalue weighted by atomic mass is 9.97.